The van der Waals surface area contributed by atoms with Gasteiger partial charge in [0.15, 0.2) is 0 Å². The van der Waals surface area contributed by atoms with Crippen LogP contribution >= 0.6 is 27.3 Å². The van der Waals surface area contributed by atoms with E-state index in [4.69, 9.17) is 5.73 Å². The van der Waals surface area contributed by atoms with Gasteiger partial charge in [-0.1, -0.05) is 12.1 Å². The van der Waals surface area contributed by atoms with Gasteiger partial charge in [-0.25, -0.2) is 0 Å². The van der Waals surface area contributed by atoms with E-state index in [9.17, 15) is 9.59 Å². The van der Waals surface area contributed by atoms with E-state index in [1.54, 1.807) is 35.6 Å². The number of thiophene rings is 1. The number of para-hydroxylation sites is 1. The van der Waals surface area contributed by atoms with Gasteiger partial charge >= 0.3 is 0 Å². The summed E-state index contributed by atoms with van der Waals surface area (Å²) in [4.78, 5) is 25.3. The van der Waals surface area contributed by atoms with Crippen LogP contribution in [0.4, 0.5) is 5.69 Å². The summed E-state index contributed by atoms with van der Waals surface area (Å²) in [6, 6.07) is 8.95. The second-order valence-corrected chi connectivity index (χ2v) is 6.78. The number of nitrogens with one attached hydrogen (secondary N) is 2. The Hall–Kier alpha value is -1.70. The molecular formula is C16H18BrN3O2S. The van der Waals surface area contributed by atoms with Gasteiger partial charge in [-0.3, -0.25) is 9.59 Å². The highest BCUT2D eigenvalue weighted by Crippen LogP contribution is 2.21. The van der Waals surface area contributed by atoms with Crippen molar-refractivity contribution in [3.8, 4) is 0 Å². The van der Waals surface area contributed by atoms with Crippen molar-refractivity contribution in [2.45, 2.75) is 12.8 Å². The van der Waals surface area contributed by atoms with E-state index in [1.807, 2.05) is 11.4 Å². The van der Waals surface area contributed by atoms with Crippen molar-refractivity contribution >= 4 is 44.8 Å². The molecule has 0 aliphatic carbocycles. The number of amides is 2. The second kappa shape index (κ2) is 8.81. The molecule has 5 nitrogen and oxygen atoms in total. The van der Waals surface area contributed by atoms with E-state index in [-0.39, 0.29) is 11.8 Å². The number of rotatable bonds is 7. The fourth-order valence-corrected chi connectivity index (χ4v) is 3.46. The first kappa shape index (κ1) is 17.7. The molecule has 0 aliphatic heterocycles. The van der Waals surface area contributed by atoms with Crippen LogP contribution in [0.1, 0.15) is 21.7 Å². The van der Waals surface area contributed by atoms with Crippen LogP contribution in [0.3, 0.4) is 0 Å². The normalized spacial score (nSPS) is 10.3. The van der Waals surface area contributed by atoms with Gasteiger partial charge in [0.2, 0.25) is 5.91 Å². The lowest BCUT2D eigenvalue weighted by molar-refractivity contribution is -0.116. The van der Waals surface area contributed by atoms with E-state index in [1.165, 1.54) is 0 Å². The summed E-state index contributed by atoms with van der Waals surface area (Å²) in [7, 11) is 0. The molecule has 23 heavy (non-hydrogen) atoms. The molecule has 0 atom stereocenters. The maximum atomic E-state index is 12.1. The number of hydrogen-bond acceptors (Lipinski definition) is 4. The Bertz CT molecular complexity index is 687. The third-order valence-electron chi connectivity index (χ3n) is 3.10. The van der Waals surface area contributed by atoms with Crippen molar-refractivity contribution in [3.63, 3.8) is 0 Å². The molecule has 0 bridgehead atoms. The number of carbonyl (C=O) groups is 2. The summed E-state index contributed by atoms with van der Waals surface area (Å²) in [6.07, 6.45) is 1.04. The zero-order chi connectivity index (χ0) is 16.7. The van der Waals surface area contributed by atoms with Crippen LogP contribution in [0.5, 0.6) is 0 Å². The minimum Gasteiger partial charge on any atom is -0.351 e. The summed E-state index contributed by atoms with van der Waals surface area (Å²) in [5, 5.41) is 7.50. The average molecular weight is 396 g/mol. The molecule has 0 saturated carbocycles. The van der Waals surface area contributed by atoms with Gasteiger partial charge in [-0.15, -0.1) is 11.3 Å². The largest absolute Gasteiger partial charge is 0.351 e. The Morgan fingerprint density at radius 2 is 2.04 bits per heavy atom. The third kappa shape index (κ3) is 5.46. The van der Waals surface area contributed by atoms with Crippen molar-refractivity contribution in [1.82, 2.24) is 5.32 Å². The van der Waals surface area contributed by atoms with Crippen molar-refractivity contribution < 1.29 is 9.59 Å². The minimum atomic E-state index is -0.242. The second-order valence-electron chi connectivity index (χ2n) is 4.87. The molecule has 2 amide bonds. The Labute approximate surface area is 147 Å². The van der Waals surface area contributed by atoms with E-state index < -0.39 is 0 Å². The molecular weight excluding hydrogens is 378 g/mol. The summed E-state index contributed by atoms with van der Waals surface area (Å²) in [6.45, 7) is 0.769. The predicted molar refractivity (Wildman–Crippen MR) is 96.8 cm³/mol. The van der Waals surface area contributed by atoms with Gasteiger partial charge in [0.25, 0.3) is 5.91 Å². The number of halogens is 1. The van der Waals surface area contributed by atoms with Crippen molar-refractivity contribution in [2.24, 2.45) is 5.73 Å². The maximum absolute atomic E-state index is 12.1. The number of nitrogens with two attached hydrogens (primary N) is 1. The fraction of sp³-hybridized carbons (Fsp3) is 0.250. The van der Waals surface area contributed by atoms with E-state index in [0.29, 0.717) is 37.2 Å². The molecule has 1 aromatic carbocycles. The average Bonchev–Trinajstić information content (AvgIpc) is 2.96. The van der Waals surface area contributed by atoms with E-state index in [0.717, 1.165) is 9.35 Å². The number of hydrogen-bond donors (Lipinski definition) is 3. The lowest BCUT2D eigenvalue weighted by Gasteiger charge is -2.11. The van der Waals surface area contributed by atoms with Gasteiger partial charge in [0.1, 0.15) is 0 Å². The standard InChI is InChI=1S/C16H18BrN3O2S/c17-11-9-12(23-10-11)5-6-15(21)20-14-4-2-1-3-13(14)16(22)19-8-7-18/h1-4,9-10H,5-8,18H2,(H,19,22)(H,20,21). The molecule has 7 heteroatoms. The fourth-order valence-electron chi connectivity index (χ4n) is 2.01. The van der Waals surface area contributed by atoms with Crippen molar-refractivity contribution in [1.29, 1.82) is 0 Å². The molecule has 0 unspecified atom stereocenters. The molecule has 4 N–H and O–H groups in total. The Morgan fingerprint density at radius 1 is 1.26 bits per heavy atom. The quantitative estimate of drug-likeness (QED) is 0.673. The molecule has 0 spiro atoms. The molecule has 2 aromatic rings. The summed E-state index contributed by atoms with van der Waals surface area (Å²) in [5.41, 5.74) is 6.33. The number of anilines is 1. The molecule has 2 rings (SSSR count). The van der Waals surface area contributed by atoms with E-state index in [2.05, 4.69) is 26.6 Å². The smallest absolute Gasteiger partial charge is 0.253 e. The van der Waals surface area contributed by atoms with Crippen LogP contribution in [-0.2, 0) is 11.2 Å². The monoisotopic (exact) mass is 395 g/mol. The first-order chi connectivity index (χ1) is 11.1. The molecule has 1 aromatic heterocycles. The van der Waals surface area contributed by atoms with Crippen LogP contribution in [-0.4, -0.2) is 24.9 Å². The zero-order valence-electron chi connectivity index (χ0n) is 12.5. The number of carbonyl (C=O) groups excluding carboxylic acids is 2. The van der Waals surface area contributed by atoms with Gasteiger partial charge in [-0.05, 0) is 40.5 Å². The predicted octanol–water partition coefficient (Wildman–Crippen LogP) is 2.77. The van der Waals surface area contributed by atoms with Crippen LogP contribution < -0.4 is 16.4 Å². The lowest BCUT2D eigenvalue weighted by Crippen LogP contribution is -2.30. The van der Waals surface area contributed by atoms with E-state index >= 15 is 0 Å². The molecule has 122 valence electrons. The topological polar surface area (TPSA) is 84.2 Å². The molecule has 0 saturated heterocycles. The van der Waals surface area contributed by atoms with Crippen LogP contribution in [0.15, 0.2) is 40.2 Å². The highest BCUT2D eigenvalue weighted by atomic mass is 79.9. The van der Waals surface area contributed by atoms with Crippen LogP contribution in [0.2, 0.25) is 0 Å². The Morgan fingerprint density at radius 3 is 2.74 bits per heavy atom. The van der Waals surface area contributed by atoms with Crippen LogP contribution in [0.25, 0.3) is 0 Å². The highest BCUT2D eigenvalue weighted by Gasteiger charge is 2.12. The molecule has 1 heterocycles. The molecule has 0 radical (unpaired) electrons. The Balaban J connectivity index is 1.96. The third-order valence-corrected chi connectivity index (χ3v) is 4.85. The zero-order valence-corrected chi connectivity index (χ0v) is 14.9. The SMILES string of the molecule is NCCNC(=O)c1ccccc1NC(=O)CCc1cc(Br)cs1. The molecule has 0 aliphatic rings. The van der Waals surface area contributed by atoms with Crippen molar-refractivity contribution in [3.05, 3.63) is 50.6 Å². The minimum absolute atomic E-state index is 0.117. The van der Waals surface area contributed by atoms with Gasteiger partial charge < -0.3 is 16.4 Å². The number of benzene rings is 1. The first-order valence-electron chi connectivity index (χ1n) is 7.20. The first-order valence-corrected chi connectivity index (χ1v) is 8.87. The van der Waals surface area contributed by atoms with Crippen LogP contribution in [0, 0.1) is 0 Å². The Kier molecular flexibility index (Phi) is 6.76. The summed E-state index contributed by atoms with van der Waals surface area (Å²) >= 11 is 5.01. The van der Waals surface area contributed by atoms with Crippen molar-refractivity contribution in [2.75, 3.05) is 18.4 Å². The van der Waals surface area contributed by atoms with Gasteiger partial charge in [0, 0.05) is 34.2 Å². The summed E-state index contributed by atoms with van der Waals surface area (Å²) in [5.74, 6) is -0.359. The lowest BCUT2D eigenvalue weighted by atomic mass is 10.1. The molecule has 0 fully saturated rings. The number of aryl methyl sites for hydroxylation is 1. The van der Waals surface area contributed by atoms with Gasteiger partial charge in [-0.2, -0.15) is 0 Å². The maximum Gasteiger partial charge on any atom is 0.253 e. The summed E-state index contributed by atoms with van der Waals surface area (Å²) < 4.78 is 1.03. The highest BCUT2D eigenvalue weighted by molar-refractivity contribution is 9.10. The van der Waals surface area contributed by atoms with Gasteiger partial charge in [0.05, 0.1) is 11.3 Å².